The second-order valence-electron chi connectivity index (χ2n) is 4.46. The third-order valence-electron chi connectivity index (χ3n) is 3.05. The van der Waals surface area contributed by atoms with E-state index in [1.807, 2.05) is 26.1 Å². The largest absolute Gasteiger partial charge is 0.352 e. The van der Waals surface area contributed by atoms with Crippen molar-refractivity contribution in [2.45, 2.75) is 26.7 Å². The van der Waals surface area contributed by atoms with Crippen molar-refractivity contribution in [3.8, 4) is 0 Å². The predicted octanol–water partition coefficient (Wildman–Crippen LogP) is 2.72. The molecule has 108 valence electrons. The highest BCUT2D eigenvalue weighted by Gasteiger charge is 2.08. The summed E-state index contributed by atoms with van der Waals surface area (Å²) in [7, 11) is 0. The first-order chi connectivity index (χ1) is 9.85. The van der Waals surface area contributed by atoms with Crippen LogP contribution in [-0.2, 0) is 16.0 Å². The number of nitrogens with one attached hydrogen (secondary N) is 1. The molecule has 0 atom stereocenters. The van der Waals surface area contributed by atoms with Crippen LogP contribution in [0.15, 0.2) is 36.5 Å². The van der Waals surface area contributed by atoms with Gasteiger partial charge in [-0.25, -0.2) is 0 Å². The minimum absolute atomic E-state index is 0.187. The van der Waals surface area contributed by atoms with Crippen molar-refractivity contribution in [1.82, 2.24) is 10.3 Å². The van der Waals surface area contributed by atoms with Crippen LogP contribution in [0.4, 0.5) is 0 Å². The van der Waals surface area contributed by atoms with Gasteiger partial charge < -0.3 is 14.8 Å². The third-order valence-corrected chi connectivity index (χ3v) is 3.05. The predicted molar refractivity (Wildman–Crippen MR) is 80.5 cm³/mol. The van der Waals surface area contributed by atoms with Crippen molar-refractivity contribution in [2.24, 2.45) is 0 Å². The Hall–Kier alpha value is -1.49. The molecule has 0 spiro atoms. The summed E-state index contributed by atoms with van der Waals surface area (Å²) in [6, 6.07) is 10.3. The number of nitrogens with zero attached hydrogens (tertiary/aromatic N) is 1. The molecular weight excluding hydrogens is 252 g/mol. The van der Waals surface area contributed by atoms with Gasteiger partial charge in [0.1, 0.15) is 0 Å². The lowest BCUT2D eigenvalue weighted by Gasteiger charge is -2.17. The molecule has 0 aliphatic rings. The van der Waals surface area contributed by atoms with Crippen molar-refractivity contribution in [3.63, 3.8) is 0 Å². The standard InChI is InChI=1S/C16H22N2O2/c1-3-19-15(20-4-2)12-17-11-14-8-5-7-13-9-6-10-18-16(13)14/h5-10,15,17H,3-4,11-12H2,1-2H3. The Bertz CT molecular complexity index is 519. The molecule has 4 heteroatoms. The molecule has 1 N–H and O–H groups in total. The summed E-state index contributed by atoms with van der Waals surface area (Å²) in [6.07, 6.45) is 1.64. The summed E-state index contributed by atoms with van der Waals surface area (Å²) >= 11 is 0. The topological polar surface area (TPSA) is 43.4 Å². The molecule has 0 saturated heterocycles. The number of ether oxygens (including phenoxy) is 2. The maximum absolute atomic E-state index is 5.51. The highest BCUT2D eigenvalue weighted by molar-refractivity contribution is 5.81. The van der Waals surface area contributed by atoms with E-state index >= 15 is 0 Å². The lowest BCUT2D eigenvalue weighted by molar-refractivity contribution is -0.133. The Balaban J connectivity index is 1.95. The molecule has 0 radical (unpaired) electrons. The van der Waals surface area contributed by atoms with Gasteiger partial charge in [-0.05, 0) is 25.5 Å². The van der Waals surface area contributed by atoms with E-state index in [0.29, 0.717) is 19.8 Å². The summed E-state index contributed by atoms with van der Waals surface area (Å²) in [4.78, 5) is 4.45. The molecule has 0 amide bonds. The fourth-order valence-electron chi connectivity index (χ4n) is 2.17. The number of pyridine rings is 1. The van der Waals surface area contributed by atoms with Gasteiger partial charge in [-0.2, -0.15) is 0 Å². The van der Waals surface area contributed by atoms with Crippen LogP contribution in [0.5, 0.6) is 0 Å². The van der Waals surface area contributed by atoms with Crippen molar-refractivity contribution in [3.05, 3.63) is 42.1 Å². The maximum atomic E-state index is 5.51. The Morgan fingerprint density at radius 3 is 2.60 bits per heavy atom. The van der Waals surface area contributed by atoms with Gasteiger partial charge >= 0.3 is 0 Å². The Labute approximate surface area is 120 Å². The first kappa shape index (κ1) is 14.9. The van der Waals surface area contributed by atoms with Gasteiger partial charge in [-0.15, -0.1) is 0 Å². The van der Waals surface area contributed by atoms with E-state index in [1.165, 1.54) is 5.56 Å². The van der Waals surface area contributed by atoms with E-state index in [-0.39, 0.29) is 6.29 Å². The van der Waals surface area contributed by atoms with Crippen LogP contribution >= 0.6 is 0 Å². The molecule has 20 heavy (non-hydrogen) atoms. The lowest BCUT2D eigenvalue weighted by Crippen LogP contribution is -2.31. The number of aromatic nitrogens is 1. The zero-order valence-corrected chi connectivity index (χ0v) is 12.1. The molecule has 2 rings (SSSR count). The average molecular weight is 274 g/mol. The third kappa shape index (κ3) is 4.00. The molecule has 1 aromatic heterocycles. The fraction of sp³-hybridized carbons (Fsp3) is 0.438. The summed E-state index contributed by atoms with van der Waals surface area (Å²) in [5.74, 6) is 0. The highest BCUT2D eigenvalue weighted by Crippen LogP contribution is 2.15. The molecule has 2 aromatic rings. The van der Waals surface area contributed by atoms with Gasteiger partial charge in [0.2, 0.25) is 0 Å². The Morgan fingerprint density at radius 2 is 1.85 bits per heavy atom. The number of rotatable bonds is 8. The first-order valence-corrected chi connectivity index (χ1v) is 7.11. The van der Waals surface area contributed by atoms with Gasteiger partial charge in [0, 0.05) is 37.9 Å². The van der Waals surface area contributed by atoms with Crippen molar-refractivity contribution in [2.75, 3.05) is 19.8 Å². The van der Waals surface area contributed by atoms with Crippen LogP contribution in [0, 0.1) is 0 Å². The van der Waals surface area contributed by atoms with E-state index in [9.17, 15) is 0 Å². The zero-order chi connectivity index (χ0) is 14.2. The molecule has 0 unspecified atom stereocenters. The van der Waals surface area contributed by atoms with E-state index in [4.69, 9.17) is 9.47 Å². The Kier molecular flexibility index (Phi) is 5.92. The molecule has 0 saturated carbocycles. The zero-order valence-electron chi connectivity index (χ0n) is 12.1. The van der Waals surface area contributed by atoms with E-state index < -0.39 is 0 Å². The monoisotopic (exact) mass is 274 g/mol. The average Bonchev–Trinajstić information content (AvgIpc) is 2.48. The van der Waals surface area contributed by atoms with Crippen molar-refractivity contribution < 1.29 is 9.47 Å². The van der Waals surface area contributed by atoms with Crippen LogP contribution in [0.1, 0.15) is 19.4 Å². The molecule has 0 bridgehead atoms. The van der Waals surface area contributed by atoms with Crippen molar-refractivity contribution in [1.29, 1.82) is 0 Å². The van der Waals surface area contributed by atoms with Crippen LogP contribution in [0.25, 0.3) is 10.9 Å². The number of benzene rings is 1. The van der Waals surface area contributed by atoms with Crippen LogP contribution in [-0.4, -0.2) is 31.0 Å². The van der Waals surface area contributed by atoms with E-state index in [0.717, 1.165) is 17.4 Å². The fourth-order valence-corrected chi connectivity index (χ4v) is 2.17. The molecule has 0 fully saturated rings. The number of para-hydroxylation sites is 1. The second-order valence-corrected chi connectivity index (χ2v) is 4.46. The summed E-state index contributed by atoms with van der Waals surface area (Å²) < 4.78 is 11.0. The maximum Gasteiger partial charge on any atom is 0.169 e. The number of hydrogen-bond acceptors (Lipinski definition) is 4. The summed E-state index contributed by atoms with van der Waals surface area (Å²) in [5.41, 5.74) is 2.24. The van der Waals surface area contributed by atoms with Crippen molar-refractivity contribution >= 4 is 10.9 Å². The molecule has 4 nitrogen and oxygen atoms in total. The number of hydrogen-bond donors (Lipinski definition) is 1. The quantitative estimate of drug-likeness (QED) is 0.752. The van der Waals surface area contributed by atoms with Gasteiger partial charge in [0.05, 0.1) is 5.52 Å². The smallest absolute Gasteiger partial charge is 0.169 e. The first-order valence-electron chi connectivity index (χ1n) is 7.11. The minimum Gasteiger partial charge on any atom is -0.352 e. The molecule has 1 heterocycles. The van der Waals surface area contributed by atoms with Gasteiger partial charge in [-0.3, -0.25) is 4.98 Å². The van der Waals surface area contributed by atoms with Gasteiger partial charge in [-0.1, -0.05) is 24.3 Å². The van der Waals surface area contributed by atoms with E-state index in [2.05, 4.69) is 34.6 Å². The summed E-state index contributed by atoms with van der Waals surface area (Å²) in [6.45, 7) is 6.68. The normalized spacial score (nSPS) is 11.3. The lowest BCUT2D eigenvalue weighted by atomic mass is 10.1. The summed E-state index contributed by atoms with van der Waals surface area (Å²) in [5, 5.41) is 4.54. The Morgan fingerprint density at radius 1 is 1.10 bits per heavy atom. The van der Waals surface area contributed by atoms with Crippen LogP contribution in [0.2, 0.25) is 0 Å². The number of fused-ring (bicyclic) bond motifs is 1. The SMILES string of the molecule is CCOC(CNCc1cccc2cccnc12)OCC. The minimum atomic E-state index is -0.187. The highest BCUT2D eigenvalue weighted by atomic mass is 16.7. The van der Waals surface area contributed by atoms with E-state index in [1.54, 1.807) is 0 Å². The van der Waals surface area contributed by atoms with Gasteiger partial charge in [0.15, 0.2) is 6.29 Å². The van der Waals surface area contributed by atoms with Gasteiger partial charge in [0.25, 0.3) is 0 Å². The second kappa shape index (κ2) is 7.94. The molecule has 0 aliphatic heterocycles. The van der Waals surface area contributed by atoms with Crippen LogP contribution < -0.4 is 5.32 Å². The van der Waals surface area contributed by atoms with Crippen LogP contribution in [0.3, 0.4) is 0 Å². The molecular formula is C16H22N2O2. The molecule has 1 aromatic carbocycles. The molecule has 0 aliphatic carbocycles.